The molecule has 0 saturated carbocycles. The lowest BCUT2D eigenvalue weighted by Crippen LogP contribution is -2.35. The summed E-state index contributed by atoms with van der Waals surface area (Å²) >= 11 is 1.47. The van der Waals surface area contributed by atoms with Crippen molar-refractivity contribution in [2.45, 2.75) is 25.9 Å². The van der Waals surface area contributed by atoms with Gasteiger partial charge < -0.3 is 14.5 Å². The largest absolute Gasteiger partial charge is 0.464 e. The molecule has 5 rings (SSSR count). The summed E-state index contributed by atoms with van der Waals surface area (Å²) in [5, 5.41) is 4.63. The molecule has 29 heavy (non-hydrogen) atoms. The minimum atomic E-state index is 0.0297. The molecule has 148 valence electrons. The van der Waals surface area contributed by atoms with Gasteiger partial charge in [0, 0.05) is 55.8 Å². The molecule has 3 aromatic heterocycles. The Bertz CT molecular complexity index is 1150. The van der Waals surface area contributed by atoms with Crippen LogP contribution in [-0.2, 0) is 11.3 Å². The number of carbonyl (C=O) groups excluding carboxylic acids is 1. The van der Waals surface area contributed by atoms with E-state index in [4.69, 9.17) is 9.15 Å². The van der Waals surface area contributed by atoms with Crippen LogP contribution in [0.4, 0.5) is 0 Å². The van der Waals surface area contributed by atoms with E-state index >= 15 is 0 Å². The van der Waals surface area contributed by atoms with E-state index in [1.165, 1.54) is 11.3 Å². The number of amides is 1. The summed E-state index contributed by atoms with van der Waals surface area (Å²) in [7, 11) is 0. The Hall–Kier alpha value is -2.97. The Balaban J connectivity index is 1.30. The summed E-state index contributed by atoms with van der Waals surface area (Å²) in [5.41, 5.74) is 2.62. The lowest BCUT2D eigenvalue weighted by Gasteiger charge is -2.15. The number of fused-ring (bicyclic) bond motifs is 2. The van der Waals surface area contributed by atoms with Crippen molar-refractivity contribution < 1.29 is 13.9 Å². The van der Waals surface area contributed by atoms with Crippen molar-refractivity contribution in [3.63, 3.8) is 0 Å². The van der Waals surface area contributed by atoms with Gasteiger partial charge in [-0.15, -0.1) is 0 Å². The summed E-state index contributed by atoms with van der Waals surface area (Å²) < 4.78 is 12.7. The summed E-state index contributed by atoms with van der Waals surface area (Å²) in [6.45, 7) is 4.19. The molecule has 0 unspecified atom stereocenters. The molecule has 1 amide bonds. The maximum Gasteiger partial charge on any atom is 0.281 e. The molecule has 1 aliphatic rings. The van der Waals surface area contributed by atoms with Crippen LogP contribution in [0.1, 0.15) is 18.9 Å². The molecule has 8 heteroatoms. The van der Waals surface area contributed by atoms with E-state index in [1.807, 2.05) is 36.6 Å². The SMILES string of the molecule is CC(=O)N[C@@H]1CCN(Cc2coc3cc(Oc4nc5ncccc5s4)ccc23)C1. The number of pyridine rings is 1. The molecule has 7 nitrogen and oxygen atoms in total. The third-order valence-electron chi connectivity index (χ3n) is 5.05. The highest BCUT2D eigenvalue weighted by Gasteiger charge is 2.24. The van der Waals surface area contributed by atoms with E-state index in [9.17, 15) is 4.79 Å². The van der Waals surface area contributed by atoms with Gasteiger partial charge in [-0.1, -0.05) is 11.3 Å². The maximum absolute atomic E-state index is 11.2. The van der Waals surface area contributed by atoms with Gasteiger partial charge in [0.15, 0.2) is 5.65 Å². The van der Waals surface area contributed by atoms with Gasteiger partial charge in [-0.25, -0.2) is 4.98 Å². The van der Waals surface area contributed by atoms with E-state index in [2.05, 4.69) is 20.2 Å². The number of rotatable bonds is 5. The topological polar surface area (TPSA) is 80.5 Å². The number of nitrogens with one attached hydrogen (secondary N) is 1. The zero-order chi connectivity index (χ0) is 19.8. The van der Waals surface area contributed by atoms with Crippen LogP contribution < -0.4 is 10.1 Å². The Morgan fingerprint density at radius 2 is 2.34 bits per heavy atom. The molecular formula is C21H20N4O3S. The fourth-order valence-electron chi connectivity index (χ4n) is 3.77. The Morgan fingerprint density at radius 3 is 3.21 bits per heavy atom. The fourth-order valence-corrected chi connectivity index (χ4v) is 4.56. The number of hydrogen-bond acceptors (Lipinski definition) is 7. The van der Waals surface area contributed by atoms with Crippen molar-refractivity contribution in [1.82, 2.24) is 20.2 Å². The lowest BCUT2D eigenvalue weighted by molar-refractivity contribution is -0.119. The van der Waals surface area contributed by atoms with Crippen LogP contribution in [0.5, 0.6) is 10.9 Å². The normalized spacial score (nSPS) is 17.2. The summed E-state index contributed by atoms with van der Waals surface area (Å²) in [4.78, 5) is 22.2. The van der Waals surface area contributed by atoms with Gasteiger partial charge in [0.25, 0.3) is 5.19 Å². The van der Waals surface area contributed by atoms with Gasteiger partial charge in [0.1, 0.15) is 11.3 Å². The first kappa shape index (κ1) is 18.1. The Labute approximate surface area is 171 Å². The number of thiazole rings is 1. The van der Waals surface area contributed by atoms with Gasteiger partial charge in [-0.3, -0.25) is 9.69 Å². The van der Waals surface area contributed by atoms with Crippen LogP contribution in [0.2, 0.25) is 0 Å². The predicted octanol–water partition coefficient (Wildman–Crippen LogP) is 3.94. The number of nitrogens with zero attached hydrogens (tertiary/aromatic N) is 3. The first-order chi connectivity index (χ1) is 14.1. The fraction of sp³-hybridized carbons (Fsp3) is 0.286. The standard InChI is InChI=1S/C21H20N4O3S/c1-13(26)23-15-6-8-25(11-15)10-14-12-27-18-9-16(4-5-17(14)18)28-21-24-20-19(29-21)3-2-7-22-20/h2-5,7,9,12,15H,6,8,10-11H2,1H3,(H,23,26)/t15-/m1/s1. The van der Waals surface area contributed by atoms with Crippen LogP contribution in [0.25, 0.3) is 21.3 Å². The first-order valence-electron chi connectivity index (χ1n) is 9.53. The molecule has 1 saturated heterocycles. The number of likely N-dealkylation sites (tertiary alicyclic amines) is 1. The zero-order valence-electron chi connectivity index (χ0n) is 15.9. The third-order valence-corrected chi connectivity index (χ3v) is 5.94. The van der Waals surface area contributed by atoms with Crippen molar-refractivity contribution >= 4 is 38.6 Å². The van der Waals surface area contributed by atoms with E-state index in [1.54, 1.807) is 13.1 Å². The zero-order valence-corrected chi connectivity index (χ0v) is 16.7. The van der Waals surface area contributed by atoms with Gasteiger partial charge >= 0.3 is 0 Å². The monoisotopic (exact) mass is 408 g/mol. The Morgan fingerprint density at radius 1 is 1.41 bits per heavy atom. The van der Waals surface area contributed by atoms with E-state index in [0.29, 0.717) is 16.6 Å². The molecule has 1 atom stereocenters. The van der Waals surface area contributed by atoms with Crippen LogP contribution in [0, 0.1) is 0 Å². The van der Waals surface area contributed by atoms with Crippen LogP contribution in [-0.4, -0.2) is 39.9 Å². The number of furan rings is 1. The molecule has 0 spiro atoms. The van der Waals surface area contributed by atoms with E-state index < -0.39 is 0 Å². The van der Waals surface area contributed by atoms with Gasteiger partial charge in [-0.05, 0) is 30.7 Å². The summed E-state index contributed by atoms with van der Waals surface area (Å²) in [5.74, 6) is 0.714. The van der Waals surface area contributed by atoms with Crippen molar-refractivity contribution in [1.29, 1.82) is 0 Å². The van der Waals surface area contributed by atoms with E-state index in [-0.39, 0.29) is 11.9 Å². The number of benzene rings is 1. The van der Waals surface area contributed by atoms with Crippen molar-refractivity contribution in [3.8, 4) is 10.9 Å². The molecule has 1 aromatic carbocycles. The quantitative estimate of drug-likeness (QED) is 0.539. The molecule has 1 aliphatic heterocycles. The molecule has 0 bridgehead atoms. The second-order valence-electron chi connectivity index (χ2n) is 7.25. The highest BCUT2D eigenvalue weighted by atomic mass is 32.1. The molecule has 1 N–H and O–H groups in total. The molecular weight excluding hydrogens is 388 g/mol. The average molecular weight is 408 g/mol. The summed E-state index contributed by atoms with van der Waals surface area (Å²) in [6.07, 6.45) is 4.51. The first-order valence-corrected chi connectivity index (χ1v) is 10.3. The highest BCUT2D eigenvalue weighted by molar-refractivity contribution is 7.20. The molecule has 1 fully saturated rings. The van der Waals surface area contributed by atoms with Gasteiger partial charge in [0.2, 0.25) is 5.91 Å². The van der Waals surface area contributed by atoms with E-state index in [0.717, 1.165) is 47.3 Å². The van der Waals surface area contributed by atoms with Crippen molar-refractivity contribution in [3.05, 3.63) is 48.4 Å². The maximum atomic E-state index is 11.2. The molecule has 4 aromatic rings. The number of hydrogen-bond donors (Lipinski definition) is 1. The second-order valence-corrected chi connectivity index (χ2v) is 8.24. The van der Waals surface area contributed by atoms with Gasteiger partial charge in [-0.2, -0.15) is 4.98 Å². The number of aromatic nitrogens is 2. The highest BCUT2D eigenvalue weighted by Crippen LogP contribution is 2.33. The summed E-state index contributed by atoms with van der Waals surface area (Å²) in [6, 6.07) is 9.95. The predicted molar refractivity (Wildman–Crippen MR) is 111 cm³/mol. The van der Waals surface area contributed by atoms with Crippen LogP contribution in [0.15, 0.2) is 47.2 Å². The molecule has 4 heterocycles. The third kappa shape index (κ3) is 3.81. The lowest BCUT2D eigenvalue weighted by atomic mass is 10.1. The molecule has 0 aliphatic carbocycles. The second kappa shape index (κ2) is 7.46. The van der Waals surface area contributed by atoms with Crippen LogP contribution in [0.3, 0.4) is 0 Å². The van der Waals surface area contributed by atoms with Crippen molar-refractivity contribution in [2.75, 3.05) is 13.1 Å². The minimum Gasteiger partial charge on any atom is -0.464 e. The van der Waals surface area contributed by atoms with Crippen LogP contribution >= 0.6 is 11.3 Å². The molecule has 0 radical (unpaired) electrons. The van der Waals surface area contributed by atoms with Gasteiger partial charge in [0.05, 0.1) is 11.0 Å². The smallest absolute Gasteiger partial charge is 0.281 e. The number of ether oxygens (including phenoxy) is 1. The van der Waals surface area contributed by atoms with Crippen molar-refractivity contribution in [2.24, 2.45) is 0 Å². The average Bonchev–Trinajstić information content (AvgIpc) is 3.40. The Kier molecular flexibility index (Phi) is 4.65. The minimum absolute atomic E-state index is 0.0297. The number of carbonyl (C=O) groups is 1.